The lowest BCUT2D eigenvalue weighted by atomic mass is 9.91. The number of carbonyl (C=O) groups is 2. The third-order valence-electron chi connectivity index (χ3n) is 4.13. The molecule has 1 atom stereocenters. The zero-order valence-corrected chi connectivity index (χ0v) is 10.4. The van der Waals surface area contributed by atoms with E-state index in [0.29, 0.717) is 6.54 Å². The molecular weight excluding hydrogens is 218 g/mol. The minimum absolute atomic E-state index is 0.0557. The van der Waals surface area contributed by atoms with Gasteiger partial charge in [0.2, 0.25) is 11.8 Å². The number of likely N-dealkylation sites (N-methyl/N-ethyl adjacent to an activating group) is 1. The normalized spacial score (nSPS) is 25.6. The summed E-state index contributed by atoms with van der Waals surface area (Å²) < 4.78 is 0. The number of primary amides is 1. The highest BCUT2D eigenvalue weighted by molar-refractivity contribution is 5.87. The average Bonchev–Trinajstić information content (AvgIpc) is 2.99. The maximum atomic E-state index is 12.2. The topological polar surface area (TPSA) is 75.4 Å². The monoisotopic (exact) mass is 239 g/mol. The summed E-state index contributed by atoms with van der Waals surface area (Å²) in [5, 5.41) is 3.32. The Labute approximate surface area is 102 Å². The van der Waals surface area contributed by atoms with E-state index in [1.807, 2.05) is 6.92 Å². The van der Waals surface area contributed by atoms with Crippen molar-refractivity contribution < 1.29 is 9.59 Å². The number of hydrogen-bond acceptors (Lipinski definition) is 3. The van der Waals surface area contributed by atoms with Crippen molar-refractivity contribution in [1.29, 1.82) is 0 Å². The van der Waals surface area contributed by atoms with Crippen LogP contribution >= 0.6 is 0 Å². The van der Waals surface area contributed by atoms with Gasteiger partial charge in [0.15, 0.2) is 0 Å². The SMILES string of the molecule is CCN(CC(N)=O)C(=O)C1CC12CCNCC2. The van der Waals surface area contributed by atoms with E-state index in [4.69, 9.17) is 5.73 Å². The smallest absolute Gasteiger partial charge is 0.237 e. The van der Waals surface area contributed by atoms with E-state index < -0.39 is 5.91 Å². The molecule has 17 heavy (non-hydrogen) atoms. The fraction of sp³-hybridized carbons (Fsp3) is 0.833. The highest BCUT2D eigenvalue weighted by atomic mass is 16.2. The number of nitrogens with zero attached hydrogens (tertiary/aromatic N) is 1. The van der Waals surface area contributed by atoms with Crippen molar-refractivity contribution >= 4 is 11.8 Å². The van der Waals surface area contributed by atoms with Crippen LogP contribution in [0.1, 0.15) is 26.2 Å². The maximum Gasteiger partial charge on any atom is 0.237 e. The van der Waals surface area contributed by atoms with Crippen molar-refractivity contribution in [1.82, 2.24) is 10.2 Å². The van der Waals surface area contributed by atoms with Crippen LogP contribution in [-0.2, 0) is 9.59 Å². The van der Waals surface area contributed by atoms with Crippen molar-refractivity contribution in [3.63, 3.8) is 0 Å². The second kappa shape index (κ2) is 4.64. The Morgan fingerprint density at radius 1 is 1.41 bits per heavy atom. The average molecular weight is 239 g/mol. The van der Waals surface area contributed by atoms with Gasteiger partial charge in [-0.2, -0.15) is 0 Å². The molecule has 5 nitrogen and oxygen atoms in total. The van der Waals surface area contributed by atoms with Gasteiger partial charge in [0.1, 0.15) is 0 Å². The van der Waals surface area contributed by atoms with Crippen LogP contribution in [0.4, 0.5) is 0 Å². The zero-order valence-electron chi connectivity index (χ0n) is 10.4. The first-order chi connectivity index (χ1) is 8.09. The number of rotatable bonds is 4. The quantitative estimate of drug-likeness (QED) is 0.708. The van der Waals surface area contributed by atoms with Gasteiger partial charge in [-0.15, -0.1) is 0 Å². The Morgan fingerprint density at radius 3 is 2.59 bits per heavy atom. The summed E-state index contributed by atoms with van der Waals surface area (Å²) >= 11 is 0. The number of nitrogens with two attached hydrogens (primary N) is 1. The summed E-state index contributed by atoms with van der Waals surface area (Å²) in [4.78, 5) is 24.7. The van der Waals surface area contributed by atoms with Crippen molar-refractivity contribution in [2.24, 2.45) is 17.1 Å². The Hall–Kier alpha value is -1.10. The van der Waals surface area contributed by atoms with Crippen LogP contribution in [0.3, 0.4) is 0 Å². The molecule has 1 saturated carbocycles. The molecule has 1 aliphatic heterocycles. The van der Waals surface area contributed by atoms with E-state index in [1.165, 1.54) is 0 Å². The lowest BCUT2D eigenvalue weighted by Crippen LogP contribution is -2.41. The molecule has 0 radical (unpaired) electrons. The number of carbonyl (C=O) groups excluding carboxylic acids is 2. The van der Waals surface area contributed by atoms with Crippen LogP contribution in [-0.4, -0.2) is 42.9 Å². The summed E-state index contributed by atoms with van der Waals surface area (Å²) in [7, 11) is 0. The molecule has 0 aromatic rings. The molecule has 1 saturated heterocycles. The maximum absolute atomic E-state index is 12.2. The standard InChI is InChI=1S/C12H21N3O2/c1-2-15(8-10(13)16)11(17)9-7-12(9)3-5-14-6-4-12/h9,14H,2-8H2,1H3,(H2,13,16). The molecule has 0 aromatic heterocycles. The number of nitrogens with one attached hydrogen (secondary N) is 1. The van der Waals surface area contributed by atoms with Crippen LogP contribution in [0.25, 0.3) is 0 Å². The molecule has 96 valence electrons. The van der Waals surface area contributed by atoms with Gasteiger partial charge in [0.25, 0.3) is 0 Å². The number of piperidine rings is 1. The van der Waals surface area contributed by atoms with Gasteiger partial charge in [0, 0.05) is 12.5 Å². The fourth-order valence-electron chi connectivity index (χ4n) is 2.93. The van der Waals surface area contributed by atoms with Crippen LogP contribution in [0.5, 0.6) is 0 Å². The Balaban J connectivity index is 1.94. The molecule has 2 amide bonds. The highest BCUT2D eigenvalue weighted by Crippen LogP contribution is 2.59. The third kappa shape index (κ3) is 2.44. The van der Waals surface area contributed by atoms with Crippen molar-refractivity contribution in [2.75, 3.05) is 26.2 Å². The van der Waals surface area contributed by atoms with Gasteiger partial charge >= 0.3 is 0 Å². The fourth-order valence-corrected chi connectivity index (χ4v) is 2.93. The molecule has 5 heteroatoms. The number of hydrogen-bond donors (Lipinski definition) is 2. The van der Waals surface area contributed by atoms with Crippen molar-refractivity contribution in [2.45, 2.75) is 26.2 Å². The van der Waals surface area contributed by atoms with E-state index in [2.05, 4.69) is 5.32 Å². The summed E-state index contributed by atoms with van der Waals surface area (Å²) in [6.07, 6.45) is 3.15. The first-order valence-electron chi connectivity index (χ1n) is 6.37. The van der Waals surface area contributed by atoms with Gasteiger partial charge in [-0.25, -0.2) is 0 Å². The van der Waals surface area contributed by atoms with Gasteiger partial charge in [-0.3, -0.25) is 9.59 Å². The first kappa shape index (κ1) is 12.4. The number of amides is 2. The summed E-state index contributed by atoms with van der Waals surface area (Å²) in [5.41, 5.74) is 5.38. The van der Waals surface area contributed by atoms with E-state index in [-0.39, 0.29) is 23.8 Å². The Bertz CT molecular complexity index is 324. The van der Waals surface area contributed by atoms with Crippen LogP contribution in [0, 0.1) is 11.3 Å². The molecule has 1 spiro atoms. The minimum atomic E-state index is -0.430. The summed E-state index contributed by atoms with van der Waals surface area (Å²) in [6, 6.07) is 0. The van der Waals surface area contributed by atoms with Gasteiger partial charge < -0.3 is 16.0 Å². The molecule has 2 rings (SSSR count). The first-order valence-corrected chi connectivity index (χ1v) is 6.37. The molecule has 0 bridgehead atoms. The molecule has 1 unspecified atom stereocenters. The summed E-state index contributed by atoms with van der Waals surface area (Å²) in [5.74, 6) is -0.183. The lowest BCUT2D eigenvalue weighted by Gasteiger charge is -2.25. The third-order valence-corrected chi connectivity index (χ3v) is 4.13. The van der Waals surface area contributed by atoms with Crippen molar-refractivity contribution in [3.8, 4) is 0 Å². The Kier molecular flexibility index (Phi) is 3.38. The molecular formula is C12H21N3O2. The molecule has 2 fully saturated rings. The van der Waals surface area contributed by atoms with E-state index in [0.717, 1.165) is 32.4 Å². The second-order valence-electron chi connectivity index (χ2n) is 5.19. The van der Waals surface area contributed by atoms with E-state index >= 15 is 0 Å². The van der Waals surface area contributed by atoms with Crippen molar-refractivity contribution in [3.05, 3.63) is 0 Å². The van der Waals surface area contributed by atoms with Crippen LogP contribution in [0.2, 0.25) is 0 Å². The predicted octanol–water partition coefficient (Wildman–Crippen LogP) is -0.290. The van der Waals surface area contributed by atoms with Crippen LogP contribution < -0.4 is 11.1 Å². The minimum Gasteiger partial charge on any atom is -0.368 e. The lowest BCUT2D eigenvalue weighted by molar-refractivity contribution is -0.137. The zero-order chi connectivity index (χ0) is 12.5. The largest absolute Gasteiger partial charge is 0.368 e. The molecule has 3 N–H and O–H groups in total. The highest BCUT2D eigenvalue weighted by Gasteiger charge is 2.58. The Morgan fingerprint density at radius 2 is 2.06 bits per heavy atom. The van der Waals surface area contributed by atoms with Gasteiger partial charge in [-0.1, -0.05) is 0 Å². The molecule has 1 aliphatic carbocycles. The van der Waals surface area contributed by atoms with E-state index in [9.17, 15) is 9.59 Å². The van der Waals surface area contributed by atoms with Gasteiger partial charge in [0.05, 0.1) is 6.54 Å². The predicted molar refractivity (Wildman–Crippen MR) is 64.1 cm³/mol. The molecule has 0 aromatic carbocycles. The molecule has 1 heterocycles. The van der Waals surface area contributed by atoms with Gasteiger partial charge in [-0.05, 0) is 44.7 Å². The van der Waals surface area contributed by atoms with E-state index in [1.54, 1.807) is 4.90 Å². The summed E-state index contributed by atoms with van der Waals surface area (Å²) in [6.45, 7) is 4.52. The second-order valence-corrected chi connectivity index (χ2v) is 5.19. The molecule has 2 aliphatic rings. The van der Waals surface area contributed by atoms with Crippen LogP contribution in [0.15, 0.2) is 0 Å².